The maximum absolute atomic E-state index is 5.50. The van der Waals surface area contributed by atoms with Gasteiger partial charge in [0.25, 0.3) is 0 Å². The maximum atomic E-state index is 5.50. The molecule has 23 heavy (non-hydrogen) atoms. The number of hydrogen-bond acceptors (Lipinski definition) is 2. The van der Waals surface area contributed by atoms with Crippen LogP contribution in [0, 0.1) is 0 Å². The molecular weight excluding hydrogens is 280 g/mol. The van der Waals surface area contributed by atoms with Gasteiger partial charge >= 0.3 is 0 Å². The molecule has 0 saturated carbocycles. The van der Waals surface area contributed by atoms with Crippen LogP contribution in [0.4, 0.5) is 0 Å². The van der Waals surface area contributed by atoms with Crippen LogP contribution in [0.25, 0.3) is 0 Å². The first-order valence-corrected chi connectivity index (χ1v) is 10.8. The van der Waals surface area contributed by atoms with Gasteiger partial charge in [-0.25, -0.2) is 0 Å². The molecule has 0 aliphatic heterocycles. The van der Waals surface area contributed by atoms with E-state index < -0.39 is 0 Å². The first-order chi connectivity index (χ1) is 11.4. The van der Waals surface area contributed by atoms with Gasteiger partial charge in [-0.05, 0) is 38.9 Å². The summed E-state index contributed by atoms with van der Waals surface area (Å²) in [4.78, 5) is 0. The average Bonchev–Trinajstić information content (AvgIpc) is 2.57. The first kappa shape index (κ1) is 22.9. The molecular formula is C21H46N2. The smallest absolute Gasteiger partial charge is 0.00489 e. The van der Waals surface area contributed by atoms with Gasteiger partial charge < -0.3 is 11.1 Å². The summed E-state index contributed by atoms with van der Waals surface area (Å²) in [6, 6.07) is 0. The lowest BCUT2D eigenvalue weighted by Crippen LogP contribution is -2.16. The van der Waals surface area contributed by atoms with E-state index in [-0.39, 0.29) is 0 Å². The van der Waals surface area contributed by atoms with Crippen LogP contribution < -0.4 is 11.1 Å². The number of hydrogen-bond donors (Lipinski definition) is 2. The quantitative estimate of drug-likeness (QED) is 0.262. The Morgan fingerprint density at radius 1 is 0.478 bits per heavy atom. The molecule has 0 fully saturated rings. The molecule has 3 N–H and O–H groups in total. The van der Waals surface area contributed by atoms with E-state index in [0.29, 0.717) is 0 Å². The van der Waals surface area contributed by atoms with Crippen molar-refractivity contribution < 1.29 is 0 Å². The van der Waals surface area contributed by atoms with Gasteiger partial charge in [-0.1, -0.05) is 96.8 Å². The van der Waals surface area contributed by atoms with Crippen LogP contribution in [0.15, 0.2) is 0 Å². The van der Waals surface area contributed by atoms with Crippen molar-refractivity contribution >= 4 is 0 Å². The average molecular weight is 327 g/mol. The maximum Gasteiger partial charge on any atom is -0.00489 e. The normalized spacial score (nSPS) is 11.2. The second-order valence-corrected chi connectivity index (χ2v) is 7.20. The molecule has 0 aromatic heterocycles. The Morgan fingerprint density at radius 3 is 1.22 bits per heavy atom. The lowest BCUT2D eigenvalue weighted by Gasteiger charge is -2.05. The van der Waals surface area contributed by atoms with Crippen molar-refractivity contribution in [2.24, 2.45) is 5.73 Å². The van der Waals surface area contributed by atoms with Crippen LogP contribution >= 0.6 is 0 Å². The minimum atomic E-state index is 0.868. The van der Waals surface area contributed by atoms with Gasteiger partial charge in [-0.3, -0.25) is 0 Å². The lowest BCUT2D eigenvalue weighted by molar-refractivity contribution is 0.529. The van der Waals surface area contributed by atoms with Gasteiger partial charge in [0.15, 0.2) is 0 Å². The Balaban J connectivity index is 2.92. The molecule has 0 atom stereocenters. The molecule has 0 aromatic rings. The molecule has 0 unspecified atom stereocenters. The van der Waals surface area contributed by atoms with Crippen LogP contribution in [-0.4, -0.2) is 19.6 Å². The van der Waals surface area contributed by atoms with E-state index in [9.17, 15) is 0 Å². The van der Waals surface area contributed by atoms with Crippen molar-refractivity contribution in [1.29, 1.82) is 0 Å². The molecule has 0 aromatic carbocycles. The number of nitrogens with one attached hydrogen (secondary N) is 1. The molecule has 0 spiro atoms. The lowest BCUT2D eigenvalue weighted by atomic mass is 10.1. The fourth-order valence-electron chi connectivity index (χ4n) is 3.14. The zero-order valence-corrected chi connectivity index (χ0v) is 16.2. The monoisotopic (exact) mass is 326 g/mol. The third-order valence-corrected chi connectivity index (χ3v) is 4.76. The number of unbranched alkanes of at least 4 members (excludes halogenated alkanes) is 15. The highest BCUT2D eigenvalue weighted by Crippen LogP contribution is 2.10. The van der Waals surface area contributed by atoms with E-state index in [4.69, 9.17) is 5.73 Å². The van der Waals surface area contributed by atoms with Crippen molar-refractivity contribution in [1.82, 2.24) is 5.32 Å². The standard InChI is InChI=1S/C21H46N2/c1-2-3-4-5-11-14-17-20-23-21-18-15-12-9-7-6-8-10-13-16-19-22/h23H,2-22H2,1H3. The topological polar surface area (TPSA) is 38.0 Å². The minimum Gasteiger partial charge on any atom is -0.330 e. The Kier molecular flexibility index (Phi) is 21.8. The summed E-state index contributed by atoms with van der Waals surface area (Å²) in [5, 5.41) is 3.61. The zero-order chi connectivity index (χ0) is 16.8. The summed E-state index contributed by atoms with van der Waals surface area (Å²) < 4.78 is 0. The molecule has 0 bridgehead atoms. The second kappa shape index (κ2) is 21.9. The van der Waals surface area contributed by atoms with Gasteiger partial charge in [-0.2, -0.15) is 0 Å². The predicted octanol–water partition coefficient (Wildman–Crippen LogP) is 6.19. The van der Waals surface area contributed by atoms with E-state index in [1.807, 2.05) is 0 Å². The molecule has 0 amide bonds. The van der Waals surface area contributed by atoms with Gasteiger partial charge in [0.05, 0.1) is 0 Å². The minimum absolute atomic E-state index is 0.868. The molecule has 0 aliphatic carbocycles. The van der Waals surface area contributed by atoms with Crippen LogP contribution in [0.3, 0.4) is 0 Å². The third kappa shape index (κ3) is 21.9. The third-order valence-electron chi connectivity index (χ3n) is 4.76. The van der Waals surface area contributed by atoms with Crippen molar-refractivity contribution in [3.05, 3.63) is 0 Å². The summed E-state index contributed by atoms with van der Waals surface area (Å²) in [6.45, 7) is 5.62. The van der Waals surface area contributed by atoms with E-state index in [1.165, 1.54) is 122 Å². The Bertz CT molecular complexity index is 174. The molecule has 2 heteroatoms. The van der Waals surface area contributed by atoms with Crippen molar-refractivity contribution in [2.75, 3.05) is 19.6 Å². The van der Waals surface area contributed by atoms with Crippen LogP contribution in [0.1, 0.15) is 116 Å². The van der Waals surface area contributed by atoms with Crippen molar-refractivity contribution in [3.8, 4) is 0 Å². The summed E-state index contributed by atoms with van der Waals surface area (Å²) in [7, 11) is 0. The zero-order valence-electron chi connectivity index (χ0n) is 16.2. The highest BCUT2D eigenvalue weighted by atomic mass is 14.8. The highest BCUT2D eigenvalue weighted by molar-refractivity contribution is 4.52. The van der Waals surface area contributed by atoms with Crippen LogP contribution in [0.2, 0.25) is 0 Å². The fraction of sp³-hybridized carbons (Fsp3) is 1.00. The number of rotatable bonds is 20. The van der Waals surface area contributed by atoms with Crippen LogP contribution in [-0.2, 0) is 0 Å². The Morgan fingerprint density at radius 2 is 0.826 bits per heavy atom. The van der Waals surface area contributed by atoms with E-state index in [1.54, 1.807) is 0 Å². The van der Waals surface area contributed by atoms with E-state index in [2.05, 4.69) is 12.2 Å². The fourth-order valence-corrected chi connectivity index (χ4v) is 3.14. The van der Waals surface area contributed by atoms with Crippen LogP contribution in [0.5, 0.6) is 0 Å². The highest BCUT2D eigenvalue weighted by Gasteiger charge is 1.94. The second-order valence-electron chi connectivity index (χ2n) is 7.20. The Labute approximate surface area is 147 Å². The SMILES string of the molecule is CCCCCCCCCNCCCCCCCCCCCCN. The molecule has 0 heterocycles. The molecule has 2 nitrogen and oxygen atoms in total. The summed E-state index contributed by atoms with van der Waals surface area (Å²) in [6.07, 6.45) is 23.8. The predicted molar refractivity (Wildman–Crippen MR) is 106 cm³/mol. The van der Waals surface area contributed by atoms with Gasteiger partial charge in [0.1, 0.15) is 0 Å². The van der Waals surface area contributed by atoms with E-state index in [0.717, 1.165) is 6.54 Å². The van der Waals surface area contributed by atoms with Gasteiger partial charge in [-0.15, -0.1) is 0 Å². The first-order valence-electron chi connectivity index (χ1n) is 10.8. The number of nitrogens with two attached hydrogens (primary N) is 1. The summed E-state index contributed by atoms with van der Waals surface area (Å²) in [5.74, 6) is 0. The summed E-state index contributed by atoms with van der Waals surface area (Å²) in [5.41, 5.74) is 5.50. The molecule has 0 saturated heterocycles. The Hall–Kier alpha value is -0.0800. The van der Waals surface area contributed by atoms with Crippen molar-refractivity contribution in [3.63, 3.8) is 0 Å². The van der Waals surface area contributed by atoms with Gasteiger partial charge in [0, 0.05) is 0 Å². The van der Waals surface area contributed by atoms with Gasteiger partial charge in [0.2, 0.25) is 0 Å². The molecule has 0 aliphatic rings. The largest absolute Gasteiger partial charge is 0.330 e. The molecule has 0 radical (unpaired) electrons. The van der Waals surface area contributed by atoms with Crippen molar-refractivity contribution in [2.45, 2.75) is 116 Å². The van der Waals surface area contributed by atoms with E-state index >= 15 is 0 Å². The molecule has 140 valence electrons. The summed E-state index contributed by atoms with van der Waals surface area (Å²) >= 11 is 0. The molecule has 0 rings (SSSR count).